The third-order valence-electron chi connectivity index (χ3n) is 1.75. The number of nitrogens with zero attached hydrogens (tertiary/aromatic N) is 2. The van der Waals surface area contributed by atoms with E-state index in [1.165, 1.54) is 0 Å². The number of hydrogen-bond acceptors (Lipinski definition) is 3. The molecule has 2 N–H and O–H groups in total. The maximum absolute atomic E-state index is 11.4. The molecule has 0 spiro atoms. The van der Waals surface area contributed by atoms with Crippen molar-refractivity contribution in [1.82, 2.24) is 20.7 Å². The summed E-state index contributed by atoms with van der Waals surface area (Å²) < 4.78 is 0. The van der Waals surface area contributed by atoms with Crippen molar-refractivity contribution in [2.24, 2.45) is 0 Å². The topological polar surface area (TPSA) is 70.7 Å². The molecule has 0 aliphatic carbocycles. The third kappa shape index (κ3) is 2.54. The minimum atomic E-state index is -0.153. The zero-order chi connectivity index (χ0) is 9.68. The first-order valence-electron chi connectivity index (χ1n) is 4.41. The van der Waals surface area contributed by atoms with E-state index in [0.717, 1.165) is 12.8 Å². The van der Waals surface area contributed by atoms with E-state index in [9.17, 15) is 4.79 Å². The minimum absolute atomic E-state index is 0.153. The van der Waals surface area contributed by atoms with Crippen LogP contribution in [0.2, 0.25) is 0 Å². The monoisotopic (exact) mass is 182 g/mol. The second kappa shape index (κ2) is 4.59. The molecule has 5 heteroatoms. The van der Waals surface area contributed by atoms with Gasteiger partial charge in [0.1, 0.15) is 0 Å². The van der Waals surface area contributed by atoms with Crippen LogP contribution in [-0.2, 0) is 0 Å². The Morgan fingerprint density at radius 1 is 1.54 bits per heavy atom. The van der Waals surface area contributed by atoms with Crippen molar-refractivity contribution >= 4 is 5.91 Å². The maximum atomic E-state index is 11.4. The summed E-state index contributed by atoms with van der Waals surface area (Å²) in [7, 11) is 0. The molecule has 0 unspecified atom stereocenters. The Hall–Kier alpha value is -1.39. The number of rotatable bonds is 4. The molecule has 72 valence electrons. The molecule has 1 aromatic rings. The first kappa shape index (κ1) is 9.70. The zero-order valence-corrected chi connectivity index (χ0v) is 7.92. The van der Waals surface area contributed by atoms with Crippen LogP contribution in [0.1, 0.15) is 35.9 Å². The van der Waals surface area contributed by atoms with Crippen LogP contribution in [0.5, 0.6) is 0 Å². The summed E-state index contributed by atoms with van der Waals surface area (Å²) in [6.45, 7) is 4.52. The fraction of sp³-hybridized carbons (Fsp3) is 0.625. The summed E-state index contributed by atoms with van der Waals surface area (Å²) in [6, 6.07) is 0. The van der Waals surface area contributed by atoms with Crippen LogP contribution in [0.15, 0.2) is 0 Å². The maximum Gasteiger partial charge on any atom is 0.273 e. The predicted octanol–water partition coefficient (Wildman–Crippen LogP) is 0.643. The number of carbonyl (C=O) groups is 1. The molecule has 0 saturated carbocycles. The SMILES string of the molecule is CCCCNC(=O)c1n[nH]nc1C. The largest absolute Gasteiger partial charge is 0.351 e. The van der Waals surface area contributed by atoms with Crippen molar-refractivity contribution in [2.75, 3.05) is 6.54 Å². The number of aromatic nitrogens is 3. The normalized spacial score (nSPS) is 10.0. The van der Waals surface area contributed by atoms with Gasteiger partial charge < -0.3 is 5.32 Å². The standard InChI is InChI=1S/C8H14N4O/c1-3-4-5-9-8(13)7-6(2)10-12-11-7/h3-5H2,1-2H3,(H,9,13)(H,10,11,12). The third-order valence-corrected chi connectivity index (χ3v) is 1.75. The highest BCUT2D eigenvalue weighted by Crippen LogP contribution is 1.97. The van der Waals surface area contributed by atoms with Crippen molar-refractivity contribution in [2.45, 2.75) is 26.7 Å². The molecule has 0 radical (unpaired) electrons. The van der Waals surface area contributed by atoms with Gasteiger partial charge in [-0.3, -0.25) is 4.79 Å². The van der Waals surface area contributed by atoms with Gasteiger partial charge in [-0.2, -0.15) is 15.4 Å². The molecule has 0 atom stereocenters. The molecule has 0 aromatic carbocycles. The van der Waals surface area contributed by atoms with Gasteiger partial charge in [0.05, 0.1) is 5.69 Å². The molecule has 0 saturated heterocycles. The van der Waals surface area contributed by atoms with Gasteiger partial charge >= 0.3 is 0 Å². The molecule has 1 aromatic heterocycles. The van der Waals surface area contributed by atoms with Crippen molar-refractivity contribution in [1.29, 1.82) is 0 Å². The molecule has 1 amide bonds. The lowest BCUT2D eigenvalue weighted by atomic mass is 10.3. The Kier molecular flexibility index (Phi) is 3.42. The van der Waals surface area contributed by atoms with Crippen LogP contribution in [0.4, 0.5) is 0 Å². The van der Waals surface area contributed by atoms with E-state index in [0.29, 0.717) is 17.9 Å². The van der Waals surface area contributed by atoms with E-state index in [2.05, 4.69) is 27.7 Å². The van der Waals surface area contributed by atoms with Crippen molar-refractivity contribution in [3.8, 4) is 0 Å². The predicted molar refractivity (Wildman–Crippen MR) is 48.4 cm³/mol. The quantitative estimate of drug-likeness (QED) is 0.671. The highest BCUT2D eigenvalue weighted by Gasteiger charge is 2.11. The summed E-state index contributed by atoms with van der Waals surface area (Å²) in [5, 5.41) is 12.7. The molecule has 1 heterocycles. The highest BCUT2D eigenvalue weighted by atomic mass is 16.1. The molecule has 5 nitrogen and oxygen atoms in total. The van der Waals surface area contributed by atoms with Gasteiger partial charge in [-0.1, -0.05) is 13.3 Å². The molecule has 0 bridgehead atoms. The number of aryl methyl sites for hydroxylation is 1. The van der Waals surface area contributed by atoms with Crippen LogP contribution in [-0.4, -0.2) is 27.9 Å². The summed E-state index contributed by atoms with van der Waals surface area (Å²) in [6.07, 6.45) is 2.06. The Morgan fingerprint density at radius 3 is 2.85 bits per heavy atom. The lowest BCUT2D eigenvalue weighted by Gasteiger charge is -2.00. The number of unbranched alkanes of at least 4 members (excludes halogenated alkanes) is 1. The summed E-state index contributed by atoms with van der Waals surface area (Å²) in [5.74, 6) is -0.153. The smallest absolute Gasteiger partial charge is 0.273 e. The van der Waals surface area contributed by atoms with Gasteiger partial charge in [-0.25, -0.2) is 0 Å². The van der Waals surface area contributed by atoms with Crippen LogP contribution < -0.4 is 5.32 Å². The first-order valence-corrected chi connectivity index (χ1v) is 4.41. The minimum Gasteiger partial charge on any atom is -0.351 e. The molecule has 0 aliphatic rings. The number of H-pyrrole nitrogens is 1. The van der Waals surface area contributed by atoms with Gasteiger partial charge in [0.25, 0.3) is 5.91 Å². The fourth-order valence-electron chi connectivity index (χ4n) is 0.961. The lowest BCUT2D eigenvalue weighted by Crippen LogP contribution is -2.25. The van der Waals surface area contributed by atoms with E-state index in [4.69, 9.17) is 0 Å². The number of carbonyl (C=O) groups excluding carboxylic acids is 1. The van der Waals surface area contributed by atoms with E-state index >= 15 is 0 Å². The van der Waals surface area contributed by atoms with Gasteiger partial charge in [0, 0.05) is 6.54 Å². The highest BCUT2D eigenvalue weighted by molar-refractivity contribution is 5.92. The Morgan fingerprint density at radius 2 is 2.31 bits per heavy atom. The van der Waals surface area contributed by atoms with Crippen LogP contribution in [0, 0.1) is 6.92 Å². The molecule has 0 aliphatic heterocycles. The average Bonchev–Trinajstić information content (AvgIpc) is 2.52. The second-order valence-corrected chi connectivity index (χ2v) is 2.87. The molecule has 13 heavy (non-hydrogen) atoms. The first-order chi connectivity index (χ1) is 6.25. The second-order valence-electron chi connectivity index (χ2n) is 2.87. The lowest BCUT2D eigenvalue weighted by molar-refractivity contribution is 0.0947. The van der Waals surface area contributed by atoms with Gasteiger partial charge in [0.2, 0.25) is 0 Å². The van der Waals surface area contributed by atoms with Gasteiger partial charge in [0.15, 0.2) is 5.69 Å². The van der Waals surface area contributed by atoms with Gasteiger partial charge in [-0.05, 0) is 13.3 Å². The van der Waals surface area contributed by atoms with E-state index < -0.39 is 0 Å². The molecule has 0 fully saturated rings. The summed E-state index contributed by atoms with van der Waals surface area (Å²) in [4.78, 5) is 11.4. The van der Waals surface area contributed by atoms with Gasteiger partial charge in [-0.15, -0.1) is 0 Å². The summed E-state index contributed by atoms with van der Waals surface area (Å²) >= 11 is 0. The van der Waals surface area contributed by atoms with Crippen LogP contribution >= 0.6 is 0 Å². The molecule has 1 rings (SSSR count). The van der Waals surface area contributed by atoms with Crippen molar-refractivity contribution in [3.63, 3.8) is 0 Å². The molecular weight excluding hydrogens is 168 g/mol. The molecular formula is C8H14N4O. The fourth-order valence-corrected chi connectivity index (χ4v) is 0.961. The van der Waals surface area contributed by atoms with Crippen LogP contribution in [0.25, 0.3) is 0 Å². The number of amides is 1. The van der Waals surface area contributed by atoms with Crippen LogP contribution in [0.3, 0.4) is 0 Å². The number of nitrogens with one attached hydrogen (secondary N) is 2. The van der Waals surface area contributed by atoms with E-state index in [1.807, 2.05) is 0 Å². The number of hydrogen-bond donors (Lipinski definition) is 2. The van der Waals surface area contributed by atoms with E-state index in [1.54, 1.807) is 6.92 Å². The Balaban J connectivity index is 2.45. The summed E-state index contributed by atoms with van der Waals surface area (Å²) in [5.41, 5.74) is 1.02. The Labute approximate surface area is 76.9 Å². The zero-order valence-electron chi connectivity index (χ0n) is 7.92. The van der Waals surface area contributed by atoms with E-state index in [-0.39, 0.29) is 5.91 Å². The van der Waals surface area contributed by atoms with Crippen molar-refractivity contribution in [3.05, 3.63) is 11.4 Å². The Bertz CT molecular complexity index is 281. The van der Waals surface area contributed by atoms with Crippen molar-refractivity contribution < 1.29 is 4.79 Å². The number of aromatic amines is 1. The average molecular weight is 182 g/mol.